The zero-order valence-electron chi connectivity index (χ0n) is 28.7. The van der Waals surface area contributed by atoms with E-state index in [-0.39, 0.29) is 18.4 Å². The maximum absolute atomic E-state index is 13.6. The van der Waals surface area contributed by atoms with Crippen LogP contribution < -0.4 is 9.47 Å². The van der Waals surface area contributed by atoms with Crippen LogP contribution in [-0.4, -0.2) is 43.1 Å². The number of rotatable bonds is 14. The van der Waals surface area contributed by atoms with Gasteiger partial charge in [-0.2, -0.15) is 0 Å². The molecule has 8 nitrogen and oxygen atoms in total. The van der Waals surface area contributed by atoms with Crippen molar-refractivity contribution >= 4 is 11.9 Å². The van der Waals surface area contributed by atoms with Crippen LogP contribution in [0, 0.1) is 11.8 Å². The maximum Gasteiger partial charge on any atom is 0.343 e. The van der Waals surface area contributed by atoms with Crippen LogP contribution in [0.4, 0.5) is 0 Å². The standard InChI is InChI=1S/C43H42O8/c1-30(2)38-39(47-28-32-17-9-4-10-18-32)37(29-46-27-31-15-7-3-8-16-31)50-43(40(38)51-42(45)34-21-13-6-14-22-34)49-36-25-23-35(24-26-36)48-41(44)33-19-11-5-12-20-33/h3-26,30,37-40,43H,27-29H2,1-2H3. The molecule has 1 saturated heterocycles. The van der Waals surface area contributed by atoms with Crippen LogP contribution in [0.2, 0.25) is 0 Å². The Kier molecular flexibility index (Phi) is 12.3. The van der Waals surface area contributed by atoms with E-state index < -0.39 is 36.5 Å². The Labute approximate surface area is 298 Å². The predicted octanol–water partition coefficient (Wildman–Crippen LogP) is 8.31. The van der Waals surface area contributed by atoms with Crippen molar-refractivity contribution in [2.24, 2.45) is 11.8 Å². The SMILES string of the molecule is CC(C)C1C(OCc2ccccc2)C(COCc2ccccc2)OC(Oc2ccc(OC(=O)c3ccccc3)cc2)C1OC(=O)c1ccccc1. The quantitative estimate of drug-likeness (QED) is 0.0852. The van der Waals surface area contributed by atoms with E-state index in [2.05, 4.69) is 13.8 Å². The first-order valence-corrected chi connectivity index (χ1v) is 17.2. The summed E-state index contributed by atoms with van der Waals surface area (Å²) >= 11 is 0. The van der Waals surface area contributed by atoms with Gasteiger partial charge in [-0.3, -0.25) is 0 Å². The average Bonchev–Trinajstić information content (AvgIpc) is 3.17. The Bertz CT molecular complexity index is 1800. The lowest BCUT2D eigenvalue weighted by atomic mass is 9.80. The summed E-state index contributed by atoms with van der Waals surface area (Å²) in [6.07, 6.45) is -2.93. The predicted molar refractivity (Wildman–Crippen MR) is 192 cm³/mol. The van der Waals surface area contributed by atoms with Crippen LogP contribution in [-0.2, 0) is 32.2 Å². The Morgan fingerprint density at radius 2 is 1.12 bits per heavy atom. The largest absolute Gasteiger partial charge is 0.461 e. The molecule has 1 aliphatic heterocycles. The summed E-state index contributed by atoms with van der Waals surface area (Å²) < 4.78 is 37.9. The Hall–Kier alpha value is -5.28. The number of benzene rings is 5. The number of hydrogen-bond donors (Lipinski definition) is 0. The first-order chi connectivity index (χ1) is 24.9. The van der Waals surface area contributed by atoms with Crippen LogP contribution in [0.25, 0.3) is 0 Å². The van der Waals surface area contributed by atoms with Crippen molar-refractivity contribution in [2.75, 3.05) is 6.61 Å². The summed E-state index contributed by atoms with van der Waals surface area (Å²) in [4.78, 5) is 26.2. The van der Waals surface area contributed by atoms with Gasteiger partial charge in [0.1, 0.15) is 17.6 Å². The molecule has 5 aromatic carbocycles. The summed E-state index contributed by atoms with van der Waals surface area (Å²) in [5.41, 5.74) is 2.90. The van der Waals surface area contributed by atoms with Crippen molar-refractivity contribution in [1.82, 2.24) is 0 Å². The molecule has 0 bridgehead atoms. The third-order valence-electron chi connectivity index (χ3n) is 8.70. The van der Waals surface area contributed by atoms with E-state index in [1.807, 2.05) is 72.8 Å². The molecule has 5 atom stereocenters. The highest BCUT2D eigenvalue weighted by Gasteiger charge is 2.51. The van der Waals surface area contributed by atoms with E-state index >= 15 is 0 Å². The van der Waals surface area contributed by atoms with Crippen molar-refractivity contribution in [1.29, 1.82) is 0 Å². The molecular formula is C43H42O8. The lowest BCUT2D eigenvalue weighted by molar-refractivity contribution is -0.282. The van der Waals surface area contributed by atoms with Gasteiger partial charge in [0.2, 0.25) is 6.29 Å². The van der Waals surface area contributed by atoms with Gasteiger partial charge < -0.3 is 28.4 Å². The molecule has 1 heterocycles. The van der Waals surface area contributed by atoms with Gasteiger partial charge in [-0.1, -0.05) is 111 Å². The molecule has 5 aromatic rings. The lowest BCUT2D eigenvalue weighted by Crippen LogP contribution is -2.60. The topological polar surface area (TPSA) is 89.5 Å². The van der Waals surface area contributed by atoms with Gasteiger partial charge in [0, 0.05) is 5.92 Å². The van der Waals surface area contributed by atoms with Crippen molar-refractivity contribution in [3.63, 3.8) is 0 Å². The molecule has 262 valence electrons. The van der Waals surface area contributed by atoms with Gasteiger partial charge in [-0.15, -0.1) is 0 Å². The fourth-order valence-electron chi connectivity index (χ4n) is 6.14. The molecule has 1 aliphatic rings. The second-order valence-corrected chi connectivity index (χ2v) is 12.7. The molecule has 0 N–H and O–H groups in total. The lowest BCUT2D eigenvalue weighted by Gasteiger charge is -2.47. The molecule has 8 heteroatoms. The van der Waals surface area contributed by atoms with Crippen LogP contribution in [0.5, 0.6) is 11.5 Å². The molecule has 0 saturated carbocycles. The molecule has 0 amide bonds. The average molecular weight is 687 g/mol. The van der Waals surface area contributed by atoms with E-state index in [0.717, 1.165) is 11.1 Å². The third-order valence-corrected chi connectivity index (χ3v) is 8.70. The number of carbonyl (C=O) groups is 2. The Morgan fingerprint density at radius 3 is 1.69 bits per heavy atom. The molecule has 0 spiro atoms. The summed E-state index contributed by atoms with van der Waals surface area (Å²) in [6, 6.07) is 44.2. The minimum absolute atomic E-state index is 0.00857. The van der Waals surface area contributed by atoms with Crippen LogP contribution in [0.1, 0.15) is 45.7 Å². The van der Waals surface area contributed by atoms with Crippen LogP contribution >= 0.6 is 0 Å². The minimum atomic E-state index is -1.01. The molecule has 0 radical (unpaired) electrons. The number of hydrogen-bond acceptors (Lipinski definition) is 8. The smallest absolute Gasteiger partial charge is 0.343 e. The second kappa shape index (κ2) is 17.6. The Morgan fingerprint density at radius 1 is 0.608 bits per heavy atom. The number of carbonyl (C=O) groups excluding carboxylic acids is 2. The van der Waals surface area contributed by atoms with Crippen molar-refractivity contribution in [3.8, 4) is 11.5 Å². The maximum atomic E-state index is 13.6. The second-order valence-electron chi connectivity index (χ2n) is 12.7. The summed E-state index contributed by atoms with van der Waals surface area (Å²) in [7, 11) is 0. The summed E-state index contributed by atoms with van der Waals surface area (Å²) in [5.74, 6) is -0.508. The van der Waals surface area contributed by atoms with Gasteiger partial charge in [-0.05, 0) is 65.6 Å². The highest BCUT2D eigenvalue weighted by molar-refractivity contribution is 5.91. The van der Waals surface area contributed by atoms with Gasteiger partial charge in [-0.25, -0.2) is 9.59 Å². The van der Waals surface area contributed by atoms with Gasteiger partial charge in [0.25, 0.3) is 0 Å². The molecule has 51 heavy (non-hydrogen) atoms. The first kappa shape index (κ1) is 35.5. The highest BCUT2D eigenvalue weighted by Crippen LogP contribution is 2.38. The zero-order valence-corrected chi connectivity index (χ0v) is 28.7. The normalized spacial score (nSPS) is 20.0. The molecule has 1 fully saturated rings. The van der Waals surface area contributed by atoms with E-state index in [1.165, 1.54) is 0 Å². The van der Waals surface area contributed by atoms with Crippen LogP contribution in [0.15, 0.2) is 146 Å². The van der Waals surface area contributed by atoms with Crippen molar-refractivity contribution in [3.05, 3.63) is 168 Å². The fourth-order valence-corrected chi connectivity index (χ4v) is 6.14. The molecule has 6 rings (SSSR count). The third kappa shape index (κ3) is 9.70. The van der Waals surface area contributed by atoms with Crippen LogP contribution in [0.3, 0.4) is 0 Å². The van der Waals surface area contributed by atoms with Gasteiger partial charge in [0.05, 0.1) is 37.1 Å². The number of esters is 2. The van der Waals surface area contributed by atoms with Crippen molar-refractivity contribution in [2.45, 2.75) is 51.7 Å². The Balaban J connectivity index is 1.27. The van der Waals surface area contributed by atoms with Gasteiger partial charge in [0.15, 0.2) is 6.10 Å². The first-order valence-electron chi connectivity index (χ1n) is 17.2. The summed E-state index contributed by atoms with van der Waals surface area (Å²) in [6.45, 7) is 5.09. The summed E-state index contributed by atoms with van der Waals surface area (Å²) in [5, 5.41) is 0. The van der Waals surface area contributed by atoms with Crippen molar-refractivity contribution < 1.29 is 38.0 Å². The highest BCUT2D eigenvalue weighted by atomic mass is 16.7. The van der Waals surface area contributed by atoms with E-state index in [9.17, 15) is 9.59 Å². The molecule has 5 unspecified atom stereocenters. The zero-order chi connectivity index (χ0) is 35.4. The van der Waals surface area contributed by atoms with E-state index in [0.29, 0.717) is 35.8 Å². The molecule has 0 aliphatic carbocycles. The molecule has 0 aromatic heterocycles. The molecular weight excluding hydrogens is 644 g/mol. The minimum Gasteiger partial charge on any atom is -0.461 e. The number of ether oxygens (including phenoxy) is 6. The monoisotopic (exact) mass is 686 g/mol. The van der Waals surface area contributed by atoms with E-state index in [4.69, 9.17) is 28.4 Å². The van der Waals surface area contributed by atoms with Gasteiger partial charge >= 0.3 is 11.9 Å². The fraction of sp³-hybridized carbons (Fsp3) is 0.256. The van der Waals surface area contributed by atoms with E-state index in [1.54, 1.807) is 72.8 Å².